The maximum Gasteiger partial charge on any atom is 0.262 e. The van der Waals surface area contributed by atoms with Crippen LogP contribution in [-0.4, -0.2) is 73.3 Å². The van der Waals surface area contributed by atoms with Crippen LogP contribution >= 0.6 is 12.4 Å². The Balaban J connectivity index is 0.00000353. The van der Waals surface area contributed by atoms with Crippen LogP contribution in [0.3, 0.4) is 0 Å². The van der Waals surface area contributed by atoms with E-state index >= 15 is 0 Å². The fraction of sp³-hybridized carbons (Fsp3) is 0.240. The van der Waals surface area contributed by atoms with Crippen molar-refractivity contribution in [2.24, 2.45) is 15.7 Å². The minimum Gasteiger partial charge on any atom is -0.450 e. The minimum absolute atomic E-state index is 0. The molecule has 2 atom stereocenters. The lowest BCUT2D eigenvalue weighted by molar-refractivity contribution is 0.114. The molecule has 4 aromatic rings. The molecule has 0 spiro atoms. The van der Waals surface area contributed by atoms with Gasteiger partial charge in [0.15, 0.2) is 23.8 Å². The summed E-state index contributed by atoms with van der Waals surface area (Å²) < 4.78 is 15.5. The summed E-state index contributed by atoms with van der Waals surface area (Å²) >= 11 is 0. The molecule has 4 aromatic heterocycles. The Hall–Kier alpha value is -4.30. The highest BCUT2D eigenvalue weighted by Gasteiger charge is 2.31. The van der Waals surface area contributed by atoms with Crippen molar-refractivity contribution in [3.8, 4) is 11.8 Å². The predicted molar refractivity (Wildman–Crippen MR) is 149 cm³/mol. The number of fused-ring (bicyclic) bond motifs is 2. The van der Waals surface area contributed by atoms with Crippen molar-refractivity contribution in [2.45, 2.75) is 25.3 Å². The van der Waals surface area contributed by atoms with Gasteiger partial charge in [-0.1, -0.05) is 12.1 Å². The molecule has 0 aliphatic carbocycles. The highest BCUT2D eigenvalue weighted by molar-refractivity contribution is 5.97. The van der Waals surface area contributed by atoms with E-state index in [-0.39, 0.29) is 48.8 Å². The Bertz CT molecular complexity index is 1550. The van der Waals surface area contributed by atoms with E-state index in [4.69, 9.17) is 30.8 Å². The summed E-state index contributed by atoms with van der Waals surface area (Å²) in [7, 11) is 0. The van der Waals surface area contributed by atoms with E-state index in [2.05, 4.69) is 25.5 Å². The van der Waals surface area contributed by atoms with Crippen molar-refractivity contribution in [1.29, 1.82) is 5.41 Å². The van der Waals surface area contributed by atoms with Gasteiger partial charge in [-0.05, 0) is 30.3 Å². The van der Waals surface area contributed by atoms with Gasteiger partial charge in [0, 0.05) is 50.9 Å². The normalized spacial score (nSPS) is 17.7. The zero-order valence-electron chi connectivity index (χ0n) is 20.7. The number of nitrogens with zero attached hydrogens (tertiary/aromatic N) is 6. The Labute approximate surface area is 229 Å². The van der Waals surface area contributed by atoms with E-state index in [1.54, 1.807) is 33.9 Å². The first-order chi connectivity index (χ1) is 18.6. The average molecular weight is 554 g/mol. The highest BCUT2D eigenvalue weighted by atomic mass is 35.5. The van der Waals surface area contributed by atoms with Crippen LogP contribution < -0.4 is 20.5 Å². The van der Waals surface area contributed by atoms with Crippen molar-refractivity contribution < 1.29 is 19.7 Å². The molecule has 39 heavy (non-hydrogen) atoms. The second-order valence-corrected chi connectivity index (χ2v) is 8.28. The molecule has 0 saturated heterocycles. The Morgan fingerprint density at radius 1 is 0.897 bits per heavy atom. The van der Waals surface area contributed by atoms with E-state index < -0.39 is 12.5 Å². The molecule has 0 fully saturated rings. The van der Waals surface area contributed by atoms with Crippen LogP contribution in [0.5, 0.6) is 11.8 Å². The summed E-state index contributed by atoms with van der Waals surface area (Å²) in [6, 6.07) is 11.1. The number of pyridine rings is 2. The number of rotatable bonds is 10. The molecule has 0 amide bonds. The van der Waals surface area contributed by atoms with Gasteiger partial charge in [-0.2, -0.15) is 0 Å². The number of aliphatic hydroxyl groups is 2. The number of nitrogens with two attached hydrogens (primary N) is 1. The molecule has 1 aliphatic heterocycles. The average Bonchev–Trinajstić information content (AvgIpc) is 3.44. The molecule has 204 valence electrons. The van der Waals surface area contributed by atoms with Crippen LogP contribution in [0.2, 0.25) is 0 Å². The summed E-state index contributed by atoms with van der Waals surface area (Å²) in [5.41, 5.74) is 8.91. The molecule has 5 heterocycles. The standard InChI is InChI=1S/C25H27N9O4.ClH/c26-16-15-17(27)23(38-25-21(29-10-6-14-36)19-8-2-4-12-34(19)32-25)30-22(16)37-24-20(28-9-5-13-35)18-7-1-3-11-33(18)31-24;/h1-4,7-12,15,22-23,26,30,35-36H,5-6,13-14,27H2;1H. The molecule has 0 aromatic carbocycles. The third-order valence-corrected chi connectivity index (χ3v) is 5.59. The van der Waals surface area contributed by atoms with Crippen LogP contribution in [0.15, 0.2) is 70.5 Å². The molecule has 0 saturated carbocycles. The summed E-state index contributed by atoms with van der Waals surface area (Å²) in [6.07, 6.45) is 7.08. The van der Waals surface area contributed by atoms with E-state index in [0.29, 0.717) is 35.2 Å². The molecule has 14 heteroatoms. The summed E-state index contributed by atoms with van der Waals surface area (Å²) in [5.74, 6) is 0.413. The van der Waals surface area contributed by atoms with Gasteiger partial charge in [0.05, 0.1) is 22.4 Å². The zero-order chi connectivity index (χ0) is 26.5. The van der Waals surface area contributed by atoms with Crippen LogP contribution in [0.4, 0.5) is 11.4 Å². The van der Waals surface area contributed by atoms with Gasteiger partial charge in [0.1, 0.15) is 0 Å². The summed E-state index contributed by atoms with van der Waals surface area (Å²) in [4.78, 5) is 8.88. The number of aliphatic imine (C=N–C) groups is 2. The van der Waals surface area contributed by atoms with Crippen molar-refractivity contribution >= 4 is 53.0 Å². The number of nitrogens with one attached hydrogen (secondary N) is 2. The van der Waals surface area contributed by atoms with Gasteiger partial charge in [0.25, 0.3) is 11.8 Å². The predicted octanol–water partition coefficient (Wildman–Crippen LogP) is 2.15. The van der Waals surface area contributed by atoms with E-state index in [0.717, 1.165) is 0 Å². The maximum absolute atomic E-state index is 9.14. The summed E-state index contributed by atoms with van der Waals surface area (Å²) in [5, 5.41) is 38.7. The number of aromatic nitrogens is 4. The molecule has 6 N–H and O–H groups in total. The van der Waals surface area contributed by atoms with Crippen molar-refractivity contribution in [2.75, 3.05) is 13.2 Å². The van der Waals surface area contributed by atoms with Gasteiger partial charge >= 0.3 is 0 Å². The largest absolute Gasteiger partial charge is 0.450 e. The van der Waals surface area contributed by atoms with Gasteiger partial charge in [-0.3, -0.25) is 15.4 Å². The topological polar surface area (TPSA) is 180 Å². The SMILES string of the molecule is Cl.N=C1C=C(N)C(Oc2nn3ccccc3c2N=CCCO)NC1Oc1nn2ccccc2c1N=CCCO. The van der Waals surface area contributed by atoms with Crippen LogP contribution in [0, 0.1) is 5.41 Å². The lowest BCUT2D eigenvalue weighted by Gasteiger charge is -2.29. The smallest absolute Gasteiger partial charge is 0.262 e. The van der Waals surface area contributed by atoms with E-state index in [1.807, 2.05) is 36.4 Å². The molecule has 1 aliphatic rings. The van der Waals surface area contributed by atoms with Crippen molar-refractivity contribution in [1.82, 2.24) is 24.5 Å². The Morgan fingerprint density at radius 2 is 1.41 bits per heavy atom. The number of ether oxygens (including phenoxy) is 2. The molecule has 0 radical (unpaired) electrons. The fourth-order valence-electron chi connectivity index (χ4n) is 3.83. The van der Waals surface area contributed by atoms with Crippen LogP contribution in [0.25, 0.3) is 11.0 Å². The first-order valence-corrected chi connectivity index (χ1v) is 12.0. The third kappa shape index (κ3) is 5.91. The number of hydrogen-bond acceptors (Lipinski definition) is 11. The number of hydrogen-bond donors (Lipinski definition) is 5. The summed E-state index contributed by atoms with van der Waals surface area (Å²) in [6.45, 7) is -0.0685. The fourth-order valence-corrected chi connectivity index (χ4v) is 3.83. The molecule has 5 rings (SSSR count). The lowest BCUT2D eigenvalue weighted by atomic mass is 10.2. The molecule has 13 nitrogen and oxygen atoms in total. The number of halogens is 1. The second kappa shape index (κ2) is 12.5. The highest BCUT2D eigenvalue weighted by Crippen LogP contribution is 2.34. The first-order valence-electron chi connectivity index (χ1n) is 12.0. The van der Waals surface area contributed by atoms with Gasteiger partial charge in [-0.15, -0.1) is 22.6 Å². The molecule has 0 bridgehead atoms. The zero-order valence-corrected chi connectivity index (χ0v) is 21.5. The molecular formula is C25H28ClN9O4. The molecular weight excluding hydrogens is 526 g/mol. The van der Waals surface area contributed by atoms with Crippen molar-refractivity contribution in [3.63, 3.8) is 0 Å². The van der Waals surface area contributed by atoms with E-state index in [1.165, 1.54) is 6.08 Å². The Kier molecular flexibility index (Phi) is 8.88. The van der Waals surface area contributed by atoms with Gasteiger partial charge in [-0.25, -0.2) is 14.3 Å². The number of aliphatic hydroxyl groups excluding tert-OH is 2. The van der Waals surface area contributed by atoms with Gasteiger partial charge in [0.2, 0.25) is 0 Å². The quantitative estimate of drug-likeness (QED) is 0.185. The monoisotopic (exact) mass is 553 g/mol. The first kappa shape index (κ1) is 27.7. The van der Waals surface area contributed by atoms with Gasteiger partial charge < -0.3 is 25.4 Å². The van der Waals surface area contributed by atoms with Crippen molar-refractivity contribution in [3.05, 3.63) is 60.6 Å². The second-order valence-electron chi connectivity index (χ2n) is 8.28. The lowest BCUT2D eigenvalue weighted by Crippen LogP contribution is -2.54. The van der Waals surface area contributed by atoms with E-state index in [9.17, 15) is 0 Å². The van der Waals surface area contributed by atoms with Crippen LogP contribution in [-0.2, 0) is 0 Å². The maximum atomic E-state index is 9.14. The molecule has 2 unspecified atom stereocenters. The minimum atomic E-state index is -0.956. The van der Waals surface area contributed by atoms with Crippen LogP contribution in [0.1, 0.15) is 12.8 Å². The third-order valence-electron chi connectivity index (χ3n) is 5.59. The Morgan fingerprint density at radius 3 is 1.92 bits per heavy atom.